The summed E-state index contributed by atoms with van der Waals surface area (Å²) in [6.07, 6.45) is 1.21. The standard InChI is InChI=1S/C20H21NO5/c1-14-10-17(15(2)21(14)11-16-6-4-3-5-7-16)18(22)12-26-20(23)19-13-24-8-9-25-19/h3-7,10,13H,8-9,11-12H2,1-2H3. The maximum Gasteiger partial charge on any atom is 0.377 e. The lowest BCUT2D eigenvalue weighted by Crippen LogP contribution is -2.20. The first-order valence-corrected chi connectivity index (χ1v) is 8.42. The lowest BCUT2D eigenvalue weighted by molar-refractivity contribution is -0.143. The molecular formula is C20H21NO5. The van der Waals surface area contributed by atoms with E-state index in [1.807, 2.05) is 50.2 Å². The molecule has 0 saturated carbocycles. The van der Waals surface area contributed by atoms with Crippen LogP contribution in [0.1, 0.15) is 27.3 Å². The Kier molecular flexibility index (Phi) is 5.41. The highest BCUT2D eigenvalue weighted by atomic mass is 16.6. The molecule has 6 nitrogen and oxygen atoms in total. The number of hydrogen-bond donors (Lipinski definition) is 0. The van der Waals surface area contributed by atoms with Gasteiger partial charge in [0.1, 0.15) is 19.5 Å². The first kappa shape index (κ1) is 17.8. The van der Waals surface area contributed by atoms with E-state index in [1.54, 1.807) is 0 Å². The Balaban J connectivity index is 1.67. The van der Waals surface area contributed by atoms with Crippen LogP contribution in [0.15, 0.2) is 48.4 Å². The number of esters is 1. The summed E-state index contributed by atoms with van der Waals surface area (Å²) in [5.41, 5.74) is 3.54. The quantitative estimate of drug-likeness (QED) is 0.589. The Morgan fingerprint density at radius 2 is 1.92 bits per heavy atom. The van der Waals surface area contributed by atoms with E-state index in [1.165, 1.54) is 6.26 Å². The van der Waals surface area contributed by atoms with Gasteiger partial charge in [0.05, 0.1) is 0 Å². The SMILES string of the molecule is Cc1cc(C(=O)COC(=O)C2=COCCO2)c(C)n1Cc1ccccc1. The number of carbonyl (C=O) groups excluding carboxylic acids is 2. The molecule has 0 saturated heterocycles. The molecule has 1 aromatic carbocycles. The summed E-state index contributed by atoms with van der Waals surface area (Å²) in [6, 6.07) is 11.9. The number of hydrogen-bond acceptors (Lipinski definition) is 5. The van der Waals surface area contributed by atoms with Crippen LogP contribution in [0.5, 0.6) is 0 Å². The van der Waals surface area contributed by atoms with Crippen molar-refractivity contribution in [1.82, 2.24) is 4.57 Å². The van der Waals surface area contributed by atoms with Crippen molar-refractivity contribution in [2.24, 2.45) is 0 Å². The molecule has 1 aliphatic rings. The first-order valence-electron chi connectivity index (χ1n) is 8.42. The number of aryl methyl sites for hydroxylation is 1. The average molecular weight is 355 g/mol. The number of ketones is 1. The van der Waals surface area contributed by atoms with Crippen LogP contribution in [-0.2, 0) is 25.5 Å². The Morgan fingerprint density at radius 1 is 1.15 bits per heavy atom. The van der Waals surface area contributed by atoms with E-state index in [0.717, 1.165) is 17.0 Å². The van der Waals surface area contributed by atoms with Crippen LogP contribution in [0.25, 0.3) is 0 Å². The summed E-state index contributed by atoms with van der Waals surface area (Å²) in [7, 11) is 0. The van der Waals surface area contributed by atoms with E-state index in [0.29, 0.717) is 18.7 Å². The van der Waals surface area contributed by atoms with Gasteiger partial charge in [0.15, 0.2) is 6.61 Å². The third-order valence-corrected chi connectivity index (χ3v) is 4.24. The second-order valence-electron chi connectivity index (χ2n) is 6.06. The number of nitrogens with zero attached hydrogens (tertiary/aromatic N) is 1. The fourth-order valence-electron chi connectivity index (χ4n) is 2.85. The number of aromatic nitrogens is 1. The van der Waals surface area contributed by atoms with E-state index in [4.69, 9.17) is 14.2 Å². The summed E-state index contributed by atoms with van der Waals surface area (Å²) in [4.78, 5) is 24.4. The molecule has 0 amide bonds. The van der Waals surface area contributed by atoms with Gasteiger partial charge >= 0.3 is 5.97 Å². The van der Waals surface area contributed by atoms with Gasteiger partial charge in [-0.15, -0.1) is 0 Å². The Bertz CT molecular complexity index is 835. The molecule has 2 heterocycles. The van der Waals surface area contributed by atoms with Gasteiger partial charge in [-0.2, -0.15) is 0 Å². The second-order valence-corrected chi connectivity index (χ2v) is 6.06. The van der Waals surface area contributed by atoms with Crippen molar-refractivity contribution in [2.45, 2.75) is 20.4 Å². The Labute approximate surface area is 152 Å². The lowest BCUT2D eigenvalue weighted by Gasteiger charge is -2.14. The molecule has 6 heteroatoms. The monoisotopic (exact) mass is 355 g/mol. The highest BCUT2D eigenvalue weighted by Gasteiger charge is 2.21. The largest absolute Gasteiger partial charge is 0.493 e. The van der Waals surface area contributed by atoms with Crippen molar-refractivity contribution in [3.8, 4) is 0 Å². The second kappa shape index (κ2) is 7.91. The van der Waals surface area contributed by atoms with Crippen LogP contribution in [0.4, 0.5) is 0 Å². The summed E-state index contributed by atoms with van der Waals surface area (Å²) >= 11 is 0. The summed E-state index contributed by atoms with van der Waals surface area (Å²) < 4.78 is 17.3. The molecule has 0 N–H and O–H groups in total. The fraction of sp³-hybridized carbons (Fsp3) is 0.300. The molecule has 0 spiro atoms. The van der Waals surface area contributed by atoms with Crippen LogP contribution in [0.2, 0.25) is 0 Å². The van der Waals surface area contributed by atoms with Crippen LogP contribution in [-0.4, -0.2) is 36.1 Å². The third kappa shape index (κ3) is 3.96. The molecule has 1 aromatic heterocycles. The number of benzene rings is 1. The molecular weight excluding hydrogens is 334 g/mol. The smallest absolute Gasteiger partial charge is 0.377 e. The average Bonchev–Trinajstić information content (AvgIpc) is 2.95. The number of Topliss-reactive ketones (excluding diaryl/α,β-unsaturated/α-hetero) is 1. The van der Waals surface area contributed by atoms with Crippen molar-refractivity contribution < 1.29 is 23.8 Å². The Hall–Kier alpha value is -3.02. The molecule has 3 rings (SSSR count). The summed E-state index contributed by atoms with van der Waals surface area (Å²) in [5.74, 6) is -0.960. The van der Waals surface area contributed by atoms with Gasteiger partial charge < -0.3 is 18.8 Å². The van der Waals surface area contributed by atoms with E-state index in [-0.39, 0.29) is 24.8 Å². The highest BCUT2D eigenvalue weighted by Crippen LogP contribution is 2.18. The van der Waals surface area contributed by atoms with Crippen LogP contribution >= 0.6 is 0 Å². The zero-order chi connectivity index (χ0) is 18.5. The molecule has 2 aromatic rings. The summed E-state index contributed by atoms with van der Waals surface area (Å²) in [6.45, 7) is 4.87. The van der Waals surface area contributed by atoms with Gasteiger partial charge in [-0.1, -0.05) is 30.3 Å². The topological polar surface area (TPSA) is 66.8 Å². The van der Waals surface area contributed by atoms with Gasteiger partial charge in [-0.3, -0.25) is 4.79 Å². The minimum atomic E-state index is -0.698. The molecule has 0 aliphatic carbocycles. The van der Waals surface area contributed by atoms with Crippen molar-refractivity contribution in [3.05, 3.63) is 70.9 Å². The Morgan fingerprint density at radius 3 is 2.62 bits per heavy atom. The number of carbonyl (C=O) groups is 2. The molecule has 0 fully saturated rings. The predicted molar refractivity (Wildman–Crippen MR) is 94.7 cm³/mol. The molecule has 26 heavy (non-hydrogen) atoms. The maximum absolute atomic E-state index is 12.5. The van der Waals surface area contributed by atoms with Crippen LogP contribution < -0.4 is 0 Å². The van der Waals surface area contributed by atoms with Crippen molar-refractivity contribution in [1.29, 1.82) is 0 Å². The maximum atomic E-state index is 12.5. The minimum absolute atomic E-state index is 0.0152. The van der Waals surface area contributed by atoms with Crippen molar-refractivity contribution in [2.75, 3.05) is 19.8 Å². The first-order chi connectivity index (χ1) is 12.6. The number of rotatable bonds is 6. The molecule has 0 unspecified atom stereocenters. The van der Waals surface area contributed by atoms with E-state index >= 15 is 0 Å². The molecule has 0 bridgehead atoms. The zero-order valence-electron chi connectivity index (χ0n) is 14.9. The van der Waals surface area contributed by atoms with E-state index < -0.39 is 5.97 Å². The van der Waals surface area contributed by atoms with Crippen molar-refractivity contribution >= 4 is 11.8 Å². The van der Waals surface area contributed by atoms with Crippen molar-refractivity contribution in [3.63, 3.8) is 0 Å². The van der Waals surface area contributed by atoms with Crippen LogP contribution in [0.3, 0.4) is 0 Å². The normalized spacial score (nSPS) is 13.4. The van der Waals surface area contributed by atoms with Gasteiger partial charge in [-0.05, 0) is 25.5 Å². The number of ether oxygens (including phenoxy) is 3. The van der Waals surface area contributed by atoms with E-state index in [9.17, 15) is 9.59 Å². The predicted octanol–water partition coefficient (Wildman–Crippen LogP) is 2.77. The lowest BCUT2D eigenvalue weighted by atomic mass is 10.1. The van der Waals surface area contributed by atoms with Gasteiger partial charge in [0.2, 0.25) is 11.5 Å². The summed E-state index contributed by atoms with van der Waals surface area (Å²) in [5, 5.41) is 0. The van der Waals surface area contributed by atoms with Crippen LogP contribution in [0, 0.1) is 13.8 Å². The minimum Gasteiger partial charge on any atom is -0.493 e. The zero-order valence-corrected chi connectivity index (χ0v) is 14.9. The molecule has 136 valence electrons. The van der Waals surface area contributed by atoms with Gasteiger partial charge in [0.25, 0.3) is 0 Å². The molecule has 0 radical (unpaired) electrons. The fourth-order valence-corrected chi connectivity index (χ4v) is 2.85. The molecule has 1 aliphatic heterocycles. The van der Waals surface area contributed by atoms with E-state index in [2.05, 4.69) is 4.57 Å². The van der Waals surface area contributed by atoms with Gasteiger partial charge in [0, 0.05) is 23.5 Å². The third-order valence-electron chi connectivity index (χ3n) is 4.24. The van der Waals surface area contributed by atoms with Gasteiger partial charge in [-0.25, -0.2) is 4.79 Å². The highest BCUT2D eigenvalue weighted by molar-refractivity contribution is 6.00. The molecule has 0 atom stereocenters.